The largest absolute Gasteiger partial charge is 0.367 e. The Morgan fingerprint density at radius 1 is 1.30 bits per heavy atom. The van der Waals surface area contributed by atoms with Crippen molar-refractivity contribution in [2.24, 2.45) is 0 Å². The van der Waals surface area contributed by atoms with Crippen LogP contribution in [0.4, 0.5) is 15.9 Å². The average molecular weight is 391 g/mol. The third-order valence-corrected chi connectivity index (χ3v) is 6.40. The molecule has 0 aliphatic carbocycles. The van der Waals surface area contributed by atoms with Gasteiger partial charge in [-0.15, -0.1) is 0 Å². The molecule has 2 heterocycles. The Morgan fingerprint density at radius 3 is 2.67 bits per heavy atom. The molecule has 1 aliphatic heterocycles. The van der Waals surface area contributed by atoms with E-state index >= 15 is 0 Å². The number of hydrogen-bond acceptors (Lipinski definition) is 5. The quantitative estimate of drug-likeness (QED) is 0.818. The molecule has 1 unspecified atom stereocenters. The van der Waals surface area contributed by atoms with Gasteiger partial charge in [-0.1, -0.05) is 18.2 Å². The predicted octanol–water partition coefficient (Wildman–Crippen LogP) is 2.42. The molecule has 1 amide bonds. The van der Waals surface area contributed by atoms with E-state index in [4.69, 9.17) is 0 Å². The minimum atomic E-state index is -2.97. The number of benzene rings is 1. The third-order valence-electron chi connectivity index (χ3n) is 4.65. The third kappa shape index (κ3) is 4.82. The number of sulfone groups is 1. The molecule has 6 nitrogen and oxygen atoms in total. The number of nitrogens with zero attached hydrogens (tertiary/aromatic N) is 2. The zero-order valence-corrected chi connectivity index (χ0v) is 15.9. The summed E-state index contributed by atoms with van der Waals surface area (Å²) in [5.41, 5.74) is 1.14. The van der Waals surface area contributed by atoms with E-state index in [1.54, 1.807) is 36.5 Å². The van der Waals surface area contributed by atoms with Crippen molar-refractivity contribution in [3.05, 3.63) is 54.0 Å². The molecule has 0 saturated carbocycles. The molecule has 1 fully saturated rings. The second-order valence-corrected chi connectivity index (χ2v) is 8.79. The van der Waals surface area contributed by atoms with Gasteiger partial charge in [0.25, 0.3) is 0 Å². The van der Waals surface area contributed by atoms with Crippen molar-refractivity contribution in [1.82, 2.24) is 4.98 Å². The first-order chi connectivity index (χ1) is 12.9. The molecule has 1 aromatic heterocycles. The fourth-order valence-corrected chi connectivity index (χ4v) is 5.04. The molecule has 1 saturated heterocycles. The standard InChI is InChI=1S/C19H22FN3O3S/c1-2-23(16-9-10-27(25,26)13-16)15-7-8-18(21-12-15)22-19(24)11-14-5-3-4-6-17(14)20/h3-8,12,16H,2,9-11,13H2,1H3,(H,21,22,24). The summed E-state index contributed by atoms with van der Waals surface area (Å²) in [7, 11) is -2.97. The Labute approximate surface area is 158 Å². The highest BCUT2D eigenvalue weighted by Crippen LogP contribution is 2.24. The first kappa shape index (κ1) is 19.3. The number of rotatable bonds is 6. The Hall–Kier alpha value is -2.48. The van der Waals surface area contributed by atoms with Gasteiger partial charge in [0.05, 0.1) is 29.8 Å². The maximum Gasteiger partial charge on any atom is 0.230 e. The summed E-state index contributed by atoms with van der Waals surface area (Å²) in [6.45, 7) is 2.63. The van der Waals surface area contributed by atoms with Gasteiger partial charge in [-0.25, -0.2) is 17.8 Å². The molecule has 0 radical (unpaired) electrons. The first-order valence-electron chi connectivity index (χ1n) is 8.84. The number of pyridine rings is 1. The summed E-state index contributed by atoms with van der Waals surface area (Å²) in [4.78, 5) is 18.4. The van der Waals surface area contributed by atoms with Crippen LogP contribution in [-0.4, -0.2) is 43.4 Å². The van der Waals surface area contributed by atoms with Crippen LogP contribution < -0.4 is 10.2 Å². The fourth-order valence-electron chi connectivity index (χ4n) is 3.30. The molecule has 1 atom stereocenters. The number of halogens is 1. The van der Waals surface area contributed by atoms with Crippen molar-refractivity contribution < 1.29 is 17.6 Å². The van der Waals surface area contributed by atoms with Crippen LogP contribution in [0.2, 0.25) is 0 Å². The zero-order valence-electron chi connectivity index (χ0n) is 15.1. The van der Waals surface area contributed by atoms with E-state index in [0.717, 1.165) is 5.69 Å². The summed E-state index contributed by atoms with van der Waals surface area (Å²) >= 11 is 0. The highest BCUT2D eigenvalue weighted by atomic mass is 32.2. The second-order valence-electron chi connectivity index (χ2n) is 6.56. The van der Waals surface area contributed by atoms with E-state index < -0.39 is 15.7 Å². The maximum absolute atomic E-state index is 13.6. The molecule has 1 aromatic carbocycles. The molecular weight excluding hydrogens is 369 g/mol. The predicted molar refractivity (Wildman–Crippen MR) is 103 cm³/mol. The lowest BCUT2D eigenvalue weighted by Gasteiger charge is -2.28. The van der Waals surface area contributed by atoms with Crippen LogP contribution in [0.3, 0.4) is 0 Å². The van der Waals surface area contributed by atoms with Gasteiger partial charge >= 0.3 is 0 Å². The monoisotopic (exact) mass is 391 g/mol. The zero-order chi connectivity index (χ0) is 19.4. The number of carbonyl (C=O) groups excluding carboxylic acids is 1. The van der Waals surface area contributed by atoms with Crippen LogP contribution in [-0.2, 0) is 21.1 Å². The molecule has 1 aliphatic rings. The van der Waals surface area contributed by atoms with Crippen molar-refractivity contribution in [2.75, 3.05) is 28.3 Å². The molecular formula is C19H22FN3O3S. The Kier molecular flexibility index (Phi) is 5.74. The normalized spacial score (nSPS) is 18.2. The number of amides is 1. The average Bonchev–Trinajstić information content (AvgIpc) is 2.99. The van der Waals surface area contributed by atoms with Gasteiger partial charge in [-0.3, -0.25) is 4.79 Å². The number of carbonyl (C=O) groups is 1. The molecule has 2 aromatic rings. The van der Waals surface area contributed by atoms with Gasteiger partial charge in [-0.2, -0.15) is 0 Å². The number of aromatic nitrogens is 1. The lowest BCUT2D eigenvalue weighted by Crippen LogP contribution is -2.36. The topological polar surface area (TPSA) is 79.4 Å². The summed E-state index contributed by atoms with van der Waals surface area (Å²) in [5, 5.41) is 2.65. The number of anilines is 2. The van der Waals surface area contributed by atoms with Gasteiger partial charge in [0, 0.05) is 12.6 Å². The Balaban J connectivity index is 1.64. The van der Waals surface area contributed by atoms with Gasteiger partial charge in [0.1, 0.15) is 11.6 Å². The van der Waals surface area contributed by atoms with Gasteiger partial charge in [0.15, 0.2) is 9.84 Å². The Bertz CT molecular complexity index is 916. The van der Waals surface area contributed by atoms with Crippen LogP contribution in [0.25, 0.3) is 0 Å². The van der Waals surface area contributed by atoms with Crippen LogP contribution in [0.15, 0.2) is 42.6 Å². The van der Waals surface area contributed by atoms with Crippen molar-refractivity contribution in [3.63, 3.8) is 0 Å². The minimum Gasteiger partial charge on any atom is -0.367 e. The number of nitrogens with one attached hydrogen (secondary N) is 1. The van der Waals surface area contributed by atoms with E-state index in [-0.39, 0.29) is 29.9 Å². The van der Waals surface area contributed by atoms with Crippen LogP contribution >= 0.6 is 0 Å². The van der Waals surface area contributed by atoms with E-state index in [1.807, 2.05) is 11.8 Å². The summed E-state index contributed by atoms with van der Waals surface area (Å²) in [6, 6.07) is 9.57. The molecule has 8 heteroatoms. The lowest BCUT2D eigenvalue weighted by molar-refractivity contribution is -0.115. The van der Waals surface area contributed by atoms with Crippen LogP contribution in [0.5, 0.6) is 0 Å². The smallest absolute Gasteiger partial charge is 0.230 e. The summed E-state index contributed by atoms with van der Waals surface area (Å²) < 4.78 is 37.1. The molecule has 0 bridgehead atoms. The van der Waals surface area contributed by atoms with E-state index in [2.05, 4.69) is 10.3 Å². The number of hydrogen-bond donors (Lipinski definition) is 1. The van der Waals surface area contributed by atoms with Crippen molar-refractivity contribution in [3.8, 4) is 0 Å². The van der Waals surface area contributed by atoms with E-state index in [0.29, 0.717) is 24.3 Å². The van der Waals surface area contributed by atoms with Crippen molar-refractivity contribution >= 4 is 27.2 Å². The fraction of sp³-hybridized carbons (Fsp3) is 0.368. The van der Waals surface area contributed by atoms with Crippen molar-refractivity contribution in [1.29, 1.82) is 0 Å². The highest BCUT2D eigenvalue weighted by Gasteiger charge is 2.31. The highest BCUT2D eigenvalue weighted by molar-refractivity contribution is 7.91. The van der Waals surface area contributed by atoms with Gasteiger partial charge in [-0.05, 0) is 37.1 Å². The summed E-state index contributed by atoms with van der Waals surface area (Å²) in [5.74, 6) is -0.0286. The Morgan fingerprint density at radius 2 is 2.07 bits per heavy atom. The van der Waals surface area contributed by atoms with Gasteiger partial charge in [0.2, 0.25) is 5.91 Å². The second kappa shape index (κ2) is 8.04. The van der Waals surface area contributed by atoms with E-state index in [1.165, 1.54) is 6.07 Å². The maximum atomic E-state index is 13.6. The molecule has 1 N–H and O–H groups in total. The van der Waals surface area contributed by atoms with Crippen LogP contribution in [0, 0.1) is 5.82 Å². The minimum absolute atomic E-state index is 0.0525. The van der Waals surface area contributed by atoms with Crippen molar-refractivity contribution in [2.45, 2.75) is 25.8 Å². The van der Waals surface area contributed by atoms with E-state index in [9.17, 15) is 17.6 Å². The summed E-state index contributed by atoms with van der Waals surface area (Å²) in [6.07, 6.45) is 2.15. The van der Waals surface area contributed by atoms with Gasteiger partial charge < -0.3 is 10.2 Å². The molecule has 0 spiro atoms. The first-order valence-corrected chi connectivity index (χ1v) is 10.7. The van der Waals surface area contributed by atoms with Crippen LogP contribution in [0.1, 0.15) is 18.9 Å². The molecule has 3 rings (SSSR count). The SMILES string of the molecule is CCN(c1ccc(NC(=O)Cc2ccccc2F)nc1)C1CCS(=O)(=O)C1. The lowest BCUT2D eigenvalue weighted by atomic mass is 10.1. The molecule has 144 valence electrons. The molecule has 27 heavy (non-hydrogen) atoms.